The molecule has 0 bridgehead atoms. The Balaban J connectivity index is 2.03. The maximum Gasteiger partial charge on any atom is 0.248 e. The van der Waals surface area contributed by atoms with E-state index >= 15 is 0 Å². The molecule has 0 spiro atoms. The molecule has 0 aromatic heterocycles. The summed E-state index contributed by atoms with van der Waals surface area (Å²) in [7, 11) is 1.60. The van der Waals surface area contributed by atoms with Gasteiger partial charge in [-0.25, -0.2) is 0 Å². The van der Waals surface area contributed by atoms with E-state index in [1.165, 1.54) is 11.6 Å². The molecule has 0 saturated carbocycles. The maximum absolute atomic E-state index is 12.1. The molecule has 0 fully saturated rings. The fourth-order valence-corrected chi connectivity index (χ4v) is 2.32. The van der Waals surface area contributed by atoms with Crippen LogP contribution < -0.4 is 14.8 Å². The molecule has 0 saturated heterocycles. The van der Waals surface area contributed by atoms with Gasteiger partial charge in [0.1, 0.15) is 0 Å². The summed E-state index contributed by atoms with van der Waals surface area (Å²) < 4.78 is 11.0. The van der Waals surface area contributed by atoms with Gasteiger partial charge in [-0.1, -0.05) is 25.1 Å². The number of carbonyl (C=O) groups excluding carboxylic acids is 1. The van der Waals surface area contributed by atoms with Crippen molar-refractivity contribution in [3.63, 3.8) is 0 Å². The van der Waals surface area contributed by atoms with Crippen LogP contribution in [0.3, 0.4) is 0 Å². The minimum absolute atomic E-state index is 0.0696. The van der Waals surface area contributed by atoms with Gasteiger partial charge in [0, 0.05) is 11.8 Å². The Hall–Kier alpha value is -2.75. The molecule has 0 aliphatic heterocycles. The molecule has 1 N–H and O–H groups in total. The first-order valence-corrected chi connectivity index (χ1v) is 8.44. The third kappa shape index (κ3) is 5.68. The van der Waals surface area contributed by atoms with Crippen molar-refractivity contribution in [1.29, 1.82) is 0 Å². The summed E-state index contributed by atoms with van der Waals surface area (Å²) in [4.78, 5) is 12.1. The van der Waals surface area contributed by atoms with Gasteiger partial charge in [-0.05, 0) is 61.7 Å². The number of hydrogen-bond acceptors (Lipinski definition) is 3. The first-order valence-electron chi connectivity index (χ1n) is 8.44. The zero-order chi connectivity index (χ0) is 18.2. The molecule has 2 aromatic rings. The number of carbonyl (C=O) groups is 1. The first-order chi connectivity index (χ1) is 12.0. The monoisotopic (exact) mass is 339 g/mol. The number of aryl methyl sites for hydroxylation is 1. The lowest BCUT2D eigenvalue weighted by atomic mass is 10.1. The van der Waals surface area contributed by atoms with Gasteiger partial charge in [-0.2, -0.15) is 0 Å². The molecule has 4 heteroatoms. The van der Waals surface area contributed by atoms with Crippen molar-refractivity contribution in [3.05, 3.63) is 59.7 Å². The minimum Gasteiger partial charge on any atom is -0.493 e. The lowest BCUT2D eigenvalue weighted by molar-refractivity contribution is -0.111. The van der Waals surface area contributed by atoms with E-state index < -0.39 is 0 Å². The molecular weight excluding hydrogens is 314 g/mol. The van der Waals surface area contributed by atoms with Crippen LogP contribution in [0.25, 0.3) is 6.08 Å². The van der Waals surface area contributed by atoms with E-state index in [-0.39, 0.29) is 12.0 Å². The van der Waals surface area contributed by atoms with Crippen LogP contribution in [0.2, 0.25) is 0 Å². The Morgan fingerprint density at radius 1 is 1.12 bits per heavy atom. The molecular formula is C21H25NO3. The van der Waals surface area contributed by atoms with Gasteiger partial charge in [0.2, 0.25) is 5.91 Å². The highest BCUT2D eigenvalue weighted by molar-refractivity contribution is 6.01. The predicted molar refractivity (Wildman–Crippen MR) is 102 cm³/mol. The number of anilines is 1. The van der Waals surface area contributed by atoms with Crippen LogP contribution in [0.1, 0.15) is 31.9 Å². The number of nitrogens with one attached hydrogen (secondary N) is 1. The zero-order valence-corrected chi connectivity index (χ0v) is 15.2. The Morgan fingerprint density at radius 3 is 2.44 bits per heavy atom. The number of hydrogen-bond donors (Lipinski definition) is 1. The lowest BCUT2D eigenvalue weighted by Crippen LogP contribution is -2.07. The molecule has 25 heavy (non-hydrogen) atoms. The molecule has 2 aromatic carbocycles. The van der Waals surface area contributed by atoms with Crippen LogP contribution in [0.4, 0.5) is 5.69 Å². The Bertz CT molecular complexity index is 733. The summed E-state index contributed by atoms with van der Waals surface area (Å²) in [5, 5.41) is 2.85. The van der Waals surface area contributed by atoms with E-state index in [9.17, 15) is 4.79 Å². The molecule has 4 nitrogen and oxygen atoms in total. The number of ether oxygens (including phenoxy) is 2. The van der Waals surface area contributed by atoms with E-state index in [0.717, 1.165) is 17.7 Å². The maximum atomic E-state index is 12.1. The van der Waals surface area contributed by atoms with E-state index in [4.69, 9.17) is 9.47 Å². The van der Waals surface area contributed by atoms with Gasteiger partial charge in [-0.3, -0.25) is 4.79 Å². The summed E-state index contributed by atoms with van der Waals surface area (Å²) in [5.74, 6) is 1.16. The second-order valence-electron chi connectivity index (χ2n) is 5.95. The summed E-state index contributed by atoms with van der Waals surface area (Å²) in [6.45, 7) is 6.03. The van der Waals surface area contributed by atoms with Crippen molar-refractivity contribution in [1.82, 2.24) is 0 Å². The van der Waals surface area contributed by atoms with E-state index in [1.54, 1.807) is 13.2 Å². The molecule has 2 rings (SSSR count). The van der Waals surface area contributed by atoms with Crippen LogP contribution >= 0.6 is 0 Å². The highest BCUT2D eigenvalue weighted by Crippen LogP contribution is 2.29. The number of methoxy groups -OCH3 is 1. The number of rotatable bonds is 7. The summed E-state index contributed by atoms with van der Waals surface area (Å²) in [6, 6.07) is 13.4. The second-order valence-corrected chi connectivity index (χ2v) is 5.95. The Kier molecular flexibility index (Phi) is 6.63. The van der Waals surface area contributed by atoms with Gasteiger partial charge in [0.05, 0.1) is 13.2 Å². The SMILES string of the molecule is CCc1ccc(NC(=O)/C=C/c2ccc(OC(C)C)c(OC)c2)cc1. The Labute approximate surface area is 149 Å². The molecule has 1 amide bonds. The van der Waals surface area contributed by atoms with Crippen molar-refractivity contribution in [2.24, 2.45) is 0 Å². The fraction of sp³-hybridized carbons (Fsp3) is 0.286. The standard InChI is InChI=1S/C21H25NO3/c1-5-16-6-10-18(11-7-16)22-21(23)13-9-17-8-12-19(25-15(2)3)20(14-17)24-4/h6-15H,5H2,1-4H3,(H,22,23)/b13-9+. The molecule has 0 atom stereocenters. The minimum atomic E-state index is -0.175. The second kappa shape index (κ2) is 8.92. The van der Waals surface area contributed by atoms with Crippen molar-refractivity contribution in [2.45, 2.75) is 33.3 Å². The van der Waals surface area contributed by atoms with Crippen LogP contribution in [0.5, 0.6) is 11.5 Å². The van der Waals surface area contributed by atoms with Gasteiger partial charge >= 0.3 is 0 Å². The molecule has 0 aliphatic carbocycles. The fourth-order valence-electron chi connectivity index (χ4n) is 2.32. The van der Waals surface area contributed by atoms with Crippen molar-refractivity contribution < 1.29 is 14.3 Å². The van der Waals surface area contributed by atoms with Crippen LogP contribution in [0, 0.1) is 0 Å². The van der Waals surface area contributed by atoms with E-state index in [0.29, 0.717) is 11.5 Å². The van der Waals surface area contributed by atoms with Gasteiger partial charge < -0.3 is 14.8 Å². The molecule has 0 unspecified atom stereocenters. The number of benzene rings is 2. The van der Waals surface area contributed by atoms with Gasteiger partial charge in [0.25, 0.3) is 0 Å². The smallest absolute Gasteiger partial charge is 0.248 e. The highest BCUT2D eigenvalue weighted by atomic mass is 16.5. The van der Waals surface area contributed by atoms with Gasteiger partial charge in [0.15, 0.2) is 11.5 Å². The molecule has 0 radical (unpaired) electrons. The molecule has 0 aliphatic rings. The van der Waals surface area contributed by atoms with Crippen LogP contribution in [-0.2, 0) is 11.2 Å². The topological polar surface area (TPSA) is 47.6 Å². The third-order valence-corrected chi connectivity index (χ3v) is 3.61. The quantitative estimate of drug-likeness (QED) is 0.744. The van der Waals surface area contributed by atoms with E-state index in [1.807, 2.05) is 56.3 Å². The summed E-state index contributed by atoms with van der Waals surface area (Å²) in [5.41, 5.74) is 2.89. The number of amides is 1. The zero-order valence-electron chi connectivity index (χ0n) is 15.2. The average Bonchev–Trinajstić information content (AvgIpc) is 2.61. The van der Waals surface area contributed by atoms with Crippen molar-refractivity contribution in [2.75, 3.05) is 12.4 Å². The Morgan fingerprint density at radius 2 is 1.84 bits per heavy atom. The van der Waals surface area contributed by atoms with E-state index in [2.05, 4.69) is 12.2 Å². The summed E-state index contributed by atoms with van der Waals surface area (Å²) in [6.07, 6.45) is 4.30. The van der Waals surface area contributed by atoms with Crippen molar-refractivity contribution >= 4 is 17.7 Å². The lowest BCUT2D eigenvalue weighted by Gasteiger charge is -2.13. The van der Waals surface area contributed by atoms with Crippen molar-refractivity contribution in [3.8, 4) is 11.5 Å². The summed E-state index contributed by atoms with van der Waals surface area (Å²) >= 11 is 0. The average molecular weight is 339 g/mol. The normalized spacial score (nSPS) is 10.9. The predicted octanol–water partition coefficient (Wildman–Crippen LogP) is 4.70. The van der Waals surface area contributed by atoms with Crippen LogP contribution in [-0.4, -0.2) is 19.1 Å². The molecule has 132 valence electrons. The molecule has 0 heterocycles. The third-order valence-electron chi connectivity index (χ3n) is 3.61. The first kappa shape index (κ1) is 18.6. The van der Waals surface area contributed by atoms with Crippen LogP contribution in [0.15, 0.2) is 48.5 Å². The highest BCUT2D eigenvalue weighted by Gasteiger charge is 2.06. The van der Waals surface area contributed by atoms with Gasteiger partial charge in [-0.15, -0.1) is 0 Å². The largest absolute Gasteiger partial charge is 0.493 e.